The molecule has 0 spiro atoms. The summed E-state index contributed by atoms with van der Waals surface area (Å²) >= 11 is 0. The van der Waals surface area contributed by atoms with Crippen molar-refractivity contribution < 1.29 is 0 Å². The average Bonchev–Trinajstić information content (AvgIpc) is 1.82. The normalized spacial score (nSPS) is 13.5. The molecule has 0 radical (unpaired) electrons. The lowest BCUT2D eigenvalue weighted by Gasteiger charge is -2.01. The second-order valence-electron chi connectivity index (χ2n) is 2.98. The highest BCUT2D eigenvalue weighted by atomic mass is 14.7. The van der Waals surface area contributed by atoms with Crippen LogP contribution in [-0.4, -0.2) is 6.21 Å². The van der Waals surface area contributed by atoms with Crippen LogP contribution in [0.1, 0.15) is 34.1 Å². The number of hydrogen-bond donors (Lipinski definition) is 0. The summed E-state index contributed by atoms with van der Waals surface area (Å²) in [5, 5.41) is 0. The van der Waals surface area contributed by atoms with Crippen molar-refractivity contribution in [1.29, 1.82) is 0 Å². The van der Waals surface area contributed by atoms with E-state index in [1.54, 1.807) is 0 Å². The smallest absolute Gasteiger partial charge is 0.0253 e. The predicted molar refractivity (Wildman–Crippen MR) is 47.4 cm³/mol. The average molecular weight is 139 g/mol. The third-order valence-corrected chi connectivity index (χ3v) is 1.17. The molecule has 0 fully saturated rings. The maximum absolute atomic E-state index is 4.04. The van der Waals surface area contributed by atoms with Crippen LogP contribution in [0.5, 0.6) is 0 Å². The van der Waals surface area contributed by atoms with E-state index >= 15 is 0 Å². The van der Waals surface area contributed by atoms with E-state index in [0.29, 0.717) is 0 Å². The first kappa shape index (κ1) is 9.41. The highest BCUT2D eigenvalue weighted by Gasteiger charge is 1.93. The van der Waals surface area contributed by atoms with E-state index in [2.05, 4.69) is 25.8 Å². The molecule has 0 aromatic heterocycles. The van der Waals surface area contributed by atoms with Gasteiger partial charge in [0.05, 0.1) is 0 Å². The number of aliphatic imine (C=N–C) groups is 1. The minimum atomic E-state index is 0.739. The van der Waals surface area contributed by atoms with Crippen molar-refractivity contribution in [1.82, 2.24) is 0 Å². The fourth-order valence-corrected chi connectivity index (χ4v) is 0.898. The van der Waals surface area contributed by atoms with Crippen molar-refractivity contribution in [2.75, 3.05) is 0 Å². The zero-order valence-corrected chi connectivity index (χ0v) is 7.39. The van der Waals surface area contributed by atoms with E-state index in [1.165, 1.54) is 5.57 Å². The van der Waals surface area contributed by atoms with E-state index in [1.807, 2.05) is 19.3 Å². The van der Waals surface area contributed by atoms with Crippen molar-refractivity contribution in [2.45, 2.75) is 34.1 Å². The highest BCUT2D eigenvalue weighted by Crippen LogP contribution is 2.08. The van der Waals surface area contributed by atoms with E-state index in [0.717, 1.165) is 12.3 Å². The second-order valence-corrected chi connectivity index (χ2v) is 2.98. The molecule has 0 rings (SSSR count). The Kier molecular flexibility index (Phi) is 4.91. The number of allylic oxidation sites excluding steroid dienone is 1. The van der Waals surface area contributed by atoms with Crippen molar-refractivity contribution in [2.24, 2.45) is 10.9 Å². The molecule has 0 aromatic rings. The van der Waals surface area contributed by atoms with Gasteiger partial charge < -0.3 is 0 Å². The van der Waals surface area contributed by atoms with E-state index in [4.69, 9.17) is 0 Å². The first-order valence-corrected chi connectivity index (χ1v) is 3.80. The lowest BCUT2D eigenvalue weighted by atomic mass is 10.1. The molecule has 0 saturated carbocycles. The fraction of sp³-hybridized carbons (Fsp3) is 0.667. The Morgan fingerprint density at radius 1 is 1.50 bits per heavy atom. The Balaban J connectivity index is 3.71. The first-order chi connectivity index (χ1) is 4.66. The molecule has 0 saturated heterocycles. The summed E-state index contributed by atoms with van der Waals surface area (Å²) in [4.78, 5) is 4.04. The van der Waals surface area contributed by atoms with Crippen LogP contribution in [0.15, 0.2) is 16.8 Å². The topological polar surface area (TPSA) is 12.4 Å². The molecule has 58 valence electrons. The minimum Gasteiger partial charge on any atom is -0.269 e. The Hall–Kier alpha value is -0.590. The fourth-order valence-electron chi connectivity index (χ4n) is 0.898. The molecule has 0 amide bonds. The van der Waals surface area contributed by atoms with Crippen LogP contribution in [0.3, 0.4) is 0 Å². The molecular weight excluding hydrogens is 122 g/mol. The van der Waals surface area contributed by atoms with Crippen molar-refractivity contribution in [3.8, 4) is 0 Å². The Bertz CT molecular complexity index is 132. The van der Waals surface area contributed by atoms with Crippen LogP contribution < -0.4 is 0 Å². The number of rotatable bonds is 3. The van der Waals surface area contributed by atoms with Crippen LogP contribution in [0.25, 0.3) is 0 Å². The zero-order chi connectivity index (χ0) is 7.98. The summed E-state index contributed by atoms with van der Waals surface area (Å²) in [7, 11) is 0. The van der Waals surface area contributed by atoms with Crippen molar-refractivity contribution in [3.63, 3.8) is 0 Å². The van der Waals surface area contributed by atoms with Gasteiger partial charge in [-0.2, -0.15) is 0 Å². The molecule has 0 unspecified atom stereocenters. The number of nitrogens with zero attached hydrogens (tertiary/aromatic N) is 1. The Labute approximate surface area is 63.9 Å². The van der Waals surface area contributed by atoms with Crippen LogP contribution in [0, 0.1) is 5.92 Å². The molecule has 0 bridgehead atoms. The monoisotopic (exact) mass is 139 g/mol. The summed E-state index contributed by atoms with van der Waals surface area (Å²) in [6, 6.07) is 0. The molecule has 0 heterocycles. The molecule has 0 aliphatic rings. The third-order valence-electron chi connectivity index (χ3n) is 1.17. The SMILES string of the molecule is C/C=N\C=C(/C)CC(C)C. The molecule has 1 heteroatoms. The van der Waals surface area contributed by atoms with Gasteiger partial charge in [-0.3, -0.25) is 4.99 Å². The highest BCUT2D eigenvalue weighted by molar-refractivity contribution is 5.54. The van der Waals surface area contributed by atoms with Crippen LogP contribution in [0.4, 0.5) is 0 Å². The third kappa shape index (κ3) is 5.54. The molecule has 1 nitrogen and oxygen atoms in total. The van der Waals surface area contributed by atoms with Gasteiger partial charge in [0, 0.05) is 12.4 Å². The van der Waals surface area contributed by atoms with E-state index in [9.17, 15) is 0 Å². The molecule has 0 aliphatic heterocycles. The molecule has 0 aliphatic carbocycles. The van der Waals surface area contributed by atoms with Crippen LogP contribution >= 0.6 is 0 Å². The van der Waals surface area contributed by atoms with Gasteiger partial charge in [0.15, 0.2) is 0 Å². The van der Waals surface area contributed by atoms with Gasteiger partial charge in [-0.05, 0) is 26.2 Å². The Morgan fingerprint density at radius 2 is 2.10 bits per heavy atom. The zero-order valence-electron chi connectivity index (χ0n) is 7.39. The van der Waals surface area contributed by atoms with Crippen molar-refractivity contribution in [3.05, 3.63) is 11.8 Å². The van der Waals surface area contributed by atoms with Crippen LogP contribution in [0.2, 0.25) is 0 Å². The van der Waals surface area contributed by atoms with Gasteiger partial charge in [-0.25, -0.2) is 0 Å². The molecule has 0 atom stereocenters. The van der Waals surface area contributed by atoms with E-state index in [-0.39, 0.29) is 0 Å². The van der Waals surface area contributed by atoms with Crippen molar-refractivity contribution >= 4 is 6.21 Å². The minimum absolute atomic E-state index is 0.739. The molecular formula is C9H17N. The Morgan fingerprint density at radius 3 is 2.50 bits per heavy atom. The van der Waals surface area contributed by atoms with Gasteiger partial charge in [0.2, 0.25) is 0 Å². The van der Waals surface area contributed by atoms with E-state index < -0.39 is 0 Å². The van der Waals surface area contributed by atoms with Gasteiger partial charge in [-0.1, -0.05) is 19.4 Å². The maximum atomic E-state index is 4.04. The van der Waals surface area contributed by atoms with Gasteiger partial charge >= 0.3 is 0 Å². The molecule has 10 heavy (non-hydrogen) atoms. The second kappa shape index (κ2) is 5.21. The summed E-state index contributed by atoms with van der Waals surface area (Å²) < 4.78 is 0. The van der Waals surface area contributed by atoms with Gasteiger partial charge in [-0.15, -0.1) is 0 Å². The van der Waals surface area contributed by atoms with Crippen LogP contribution in [-0.2, 0) is 0 Å². The number of hydrogen-bond acceptors (Lipinski definition) is 1. The summed E-state index contributed by atoms with van der Waals surface area (Å²) in [5.41, 5.74) is 1.35. The summed E-state index contributed by atoms with van der Waals surface area (Å²) in [6.45, 7) is 8.48. The largest absolute Gasteiger partial charge is 0.269 e. The predicted octanol–water partition coefficient (Wildman–Crippen LogP) is 3.03. The standard InChI is InChI=1S/C9H17N/c1-5-10-7-9(4)6-8(2)3/h5,7-8H,6H2,1-4H3/b9-7+,10-5-. The quantitative estimate of drug-likeness (QED) is 0.533. The summed E-state index contributed by atoms with van der Waals surface area (Å²) in [5.74, 6) is 0.739. The lowest BCUT2D eigenvalue weighted by Crippen LogP contribution is -1.86. The lowest BCUT2D eigenvalue weighted by molar-refractivity contribution is 0.641. The van der Waals surface area contributed by atoms with Gasteiger partial charge in [0.1, 0.15) is 0 Å². The summed E-state index contributed by atoms with van der Waals surface area (Å²) in [6.07, 6.45) is 4.89. The maximum Gasteiger partial charge on any atom is 0.0253 e. The first-order valence-electron chi connectivity index (χ1n) is 3.80. The van der Waals surface area contributed by atoms with Gasteiger partial charge in [0.25, 0.3) is 0 Å². The molecule has 0 aromatic carbocycles. The molecule has 0 N–H and O–H groups in total.